The number of hydrogen-bond acceptors (Lipinski definition) is 6. The molecule has 18 heavy (non-hydrogen) atoms. The van der Waals surface area contributed by atoms with E-state index in [2.05, 4.69) is 13.4 Å². The SMILES string of the molecule is [B][C@H]1C[C@@H](C)[C@@H](COP(=O)(O)OP(=O)(O)OC)O1. The molecule has 0 aromatic carbocycles. The minimum absolute atomic E-state index is 0.0448. The molecule has 0 aliphatic carbocycles. The second kappa shape index (κ2) is 6.16. The highest BCUT2D eigenvalue weighted by Crippen LogP contribution is 2.60. The lowest BCUT2D eigenvalue weighted by Crippen LogP contribution is -2.21. The molecule has 0 bridgehead atoms. The van der Waals surface area contributed by atoms with Crippen LogP contribution < -0.4 is 0 Å². The van der Waals surface area contributed by atoms with Crippen LogP contribution in [0.5, 0.6) is 0 Å². The molecule has 1 fully saturated rings. The number of phosphoric ester groups is 2. The summed E-state index contributed by atoms with van der Waals surface area (Å²) in [6.07, 6.45) is 0.131. The fraction of sp³-hybridized carbons (Fsp3) is 1.00. The Morgan fingerprint density at radius 1 is 1.39 bits per heavy atom. The van der Waals surface area contributed by atoms with E-state index in [0.717, 1.165) is 7.11 Å². The monoisotopic (exact) mass is 300 g/mol. The third-order valence-electron chi connectivity index (χ3n) is 2.43. The van der Waals surface area contributed by atoms with Gasteiger partial charge in [-0.05, 0) is 12.3 Å². The van der Waals surface area contributed by atoms with Gasteiger partial charge in [0.1, 0.15) is 7.85 Å². The van der Waals surface area contributed by atoms with Gasteiger partial charge < -0.3 is 14.5 Å². The minimum atomic E-state index is -4.69. The highest BCUT2D eigenvalue weighted by Gasteiger charge is 2.37. The second-order valence-electron chi connectivity index (χ2n) is 3.92. The first-order valence-corrected chi connectivity index (χ1v) is 8.12. The molecular formula is C7H15BO8P2. The second-order valence-corrected chi connectivity index (χ2v) is 7.07. The minimum Gasteiger partial charge on any atom is -0.382 e. The van der Waals surface area contributed by atoms with Gasteiger partial charge >= 0.3 is 15.6 Å². The largest absolute Gasteiger partial charge is 0.481 e. The van der Waals surface area contributed by atoms with E-state index < -0.39 is 27.8 Å². The predicted molar refractivity (Wildman–Crippen MR) is 61.9 cm³/mol. The van der Waals surface area contributed by atoms with Crippen LogP contribution in [0.4, 0.5) is 0 Å². The van der Waals surface area contributed by atoms with E-state index in [1.165, 1.54) is 0 Å². The van der Waals surface area contributed by atoms with E-state index in [4.69, 9.17) is 17.5 Å². The molecule has 2 radical (unpaired) electrons. The van der Waals surface area contributed by atoms with Gasteiger partial charge in [0.05, 0.1) is 12.7 Å². The van der Waals surface area contributed by atoms with Gasteiger partial charge in [0.15, 0.2) is 0 Å². The Balaban J connectivity index is 2.47. The molecule has 0 amide bonds. The molecule has 1 saturated heterocycles. The molecule has 0 aromatic rings. The first-order valence-electron chi connectivity index (χ1n) is 5.13. The van der Waals surface area contributed by atoms with Crippen molar-refractivity contribution < 1.29 is 37.0 Å². The van der Waals surface area contributed by atoms with Gasteiger partial charge in [-0.3, -0.25) is 9.05 Å². The third-order valence-corrected chi connectivity index (χ3v) is 5.02. The van der Waals surface area contributed by atoms with Crippen LogP contribution in [-0.4, -0.2) is 43.5 Å². The molecule has 1 aliphatic rings. The van der Waals surface area contributed by atoms with Crippen LogP contribution in [-0.2, 0) is 27.2 Å². The average molecular weight is 300 g/mol. The highest BCUT2D eigenvalue weighted by molar-refractivity contribution is 7.61. The van der Waals surface area contributed by atoms with Crippen LogP contribution in [0.3, 0.4) is 0 Å². The maximum atomic E-state index is 11.3. The Morgan fingerprint density at radius 3 is 2.44 bits per heavy atom. The molecule has 2 unspecified atom stereocenters. The molecule has 1 rings (SSSR count). The first kappa shape index (κ1) is 16.3. The summed E-state index contributed by atoms with van der Waals surface area (Å²) in [5, 5.41) is 0. The van der Waals surface area contributed by atoms with Crippen LogP contribution >= 0.6 is 15.6 Å². The van der Waals surface area contributed by atoms with Crippen molar-refractivity contribution >= 4 is 23.5 Å². The van der Waals surface area contributed by atoms with Crippen molar-refractivity contribution in [2.24, 2.45) is 5.92 Å². The van der Waals surface area contributed by atoms with Gasteiger partial charge in [0, 0.05) is 13.1 Å². The van der Waals surface area contributed by atoms with Gasteiger partial charge in [0.2, 0.25) is 0 Å². The summed E-state index contributed by atoms with van der Waals surface area (Å²) in [4.78, 5) is 18.1. The summed E-state index contributed by atoms with van der Waals surface area (Å²) in [5.74, 6) is 0.0448. The van der Waals surface area contributed by atoms with Gasteiger partial charge in [-0.25, -0.2) is 9.13 Å². The summed E-state index contributed by atoms with van der Waals surface area (Å²) in [7, 11) is -2.88. The number of phosphoric acid groups is 2. The standard InChI is InChI=1S/C7H15BO8P2/c1-5-3-7(8)15-6(5)4-14-18(11,12)16-17(9,10)13-2/h5-7H,3-4H2,1-2H3,(H,9,10)(H,11,12)/t5-,6-,7-/m1/s1. The molecule has 5 atom stereocenters. The Morgan fingerprint density at radius 2 is 2.00 bits per heavy atom. The van der Waals surface area contributed by atoms with Crippen molar-refractivity contribution in [2.45, 2.75) is 25.5 Å². The molecular weight excluding hydrogens is 285 g/mol. The highest BCUT2D eigenvalue weighted by atomic mass is 31.3. The van der Waals surface area contributed by atoms with Crippen LogP contribution in [0.25, 0.3) is 0 Å². The van der Waals surface area contributed by atoms with E-state index in [0.29, 0.717) is 6.42 Å². The third kappa shape index (κ3) is 5.11. The van der Waals surface area contributed by atoms with Crippen LogP contribution in [0.2, 0.25) is 0 Å². The van der Waals surface area contributed by atoms with Gasteiger partial charge in [-0.1, -0.05) is 6.92 Å². The molecule has 104 valence electrons. The molecule has 1 heterocycles. The lowest BCUT2D eigenvalue weighted by Gasteiger charge is -2.18. The van der Waals surface area contributed by atoms with E-state index in [1.807, 2.05) is 6.92 Å². The summed E-state index contributed by atoms with van der Waals surface area (Å²) in [5.41, 5.74) is 0. The quantitative estimate of drug-likeness (QED) is 0.547. The Bertz CT molecular complexity index is 376. The van der Waals surface area contributed by atoms with E-state index in [-0.39, 0.29) is 12.5 Å². The normalized spacial score (nSPS) is 35.0. The van der Waals surface area contributed by atoms with E-state index in [9.17, 15) is 14.0 Å². The Kier molecular flexibility index (Phi) is 5.59. The van der Waals surface area contributed by atoms with Crippen LogP contribution in [0, 0.1) is 5.92 Å². The van der Waals surface area contributed by atoms with Gasteiger partial charge in [0.25, 0.3) is 0 Å². The summed E-state index contributed by atoms with van der Waals surface area (Å²) in [6.45, 7) is 1.57. The lowest BCUT2D eigenvalue weighted by molar-refractivity contribution is 0.0269. The zero-order valence-electron chi connectivity index (χ0n) is 9.96. The zero-order chi connectivity index (χ0) is 14.0. The molecule has 11 heteroatoms. The lowest BCUT2D eigenvalue weighted by atomic mass is 9.92. The zero-order valence-corrected chi connectivity index (χ0v) is 11.8. The molecule has 0 saturated carbocycles. The number of hydrogen-bond donors (Lipinski definition) is 2. The molecule has 1 aliphatic heterocycles. The fourth-order valence-corrected chi connectivity index (χ4v) is 3.32. The average Bonchev–Trinajstić information content (AvgIpc) is 2.53. The smallest absolute Gasteiger partial charge is 0.382 e. The molecule has 2 N–H and O–H groups in total. The van der Waals surface area contributed by atoms with Crippen molar-refractivity contribution in [3.05, 3.63) is 0 Å². The van der Waals surface area contributed by atoms with E-state index >= 15 is 0 Å². The first-order chi connectivity index (χ1) is 8.15. The number of rotatable bonds is 6. The molecule has 0 spiro atoms. The molecule has 8 nitrogen and oxygen atoms in total. The van der Waals surface area contributed by atoms with Crippen molar-refractivity contribution in [1.82, 2.24) is 0 Å². The predicted octanol–water partition coefficient (Wildman–Crippen LogP) is 0.786. The summed E-state index contributed by atoms with van der Waals surface area (Å²) >= 11 is 0. The van der Waals surface area contributed by atoms with Crippen LogP contribution in [0.1, 0.15) is 13.3 Å². The van der Waals surface area contributed by atoms with Crippen molar-refractivity contribution in [1.29, 1.82) is 0 Å². The van der Waals surface area contributed by atoms with Crippen molar-refractivity contribution in [2.75, 3.05) is 13.7 Å². The van der Waals surface area contributed by atoms with E-state index in [1.54, 1.807) is 0 Å². The maximum absolute atomic E-state index is 11.3. The summed E-state index contributed by atoms with van der Waals surface area (Å²) < 4.78 is 40.1. The molecule has 0 aromatic heterocycles. The van der Waals surface area contributed by atoms with Gasteiger partial charge in [-0.2, -0.15) is 4.31 Å². The van der Waals surface area contributed by atoms with Crippen molar-refractivity contribution in [3.63, 3.8) is 0 Å². The van der Waals surface area contributed by atoms with Crippen molar-refractivity contribution in [3.8, 4) is 0 Å². The fourth-order valence-electron chi connectivity index (χ4n) is 1.49. The van der Waals surface area contributed by atoms with Crippen LogP contribution in [0.15, 0.2) is 0 Å². The van der Waals surface area contributed by atoms with Gasteiger partial charge in [-0.15, -0.1) is 0 Å². The topological polar surface area (TPSA) is 112 Å². The Labute approximate surface area is 106 Å². The maximum Gasteiger partial charge on any atom is 0.481 e. The Hall–Kier alpha value is 0.285. The number of ether oxygens (including phenoxy) is 1. The summed E-state index contributed by atoms with van der Waals surface area (Å²) in [6, 6.07) is -0.449.